The van der Waals surface area contributed by atoms with Crippen LogP contribution in [0.25, 0.3) is 11.0 Å². The molecule has 2 heterocycles. The van der Waals surface area contributed by atoms with Crippen LogP contribution in [0.4, 0.5) is 11.6 Å². The molecule has 0 saturated heterocycles. The molecule has 0 unspecified atom stereocenters. The predicted molar refractivity (Wildman–Crippen MR) is 121 cm³/mol. The van der Waals surface area contributed by atoms with Crippen LogP contribution in [-0.4, -0.2) is 41.7 Å². The predicted octanol–water partition coefficient (Wildman–Crippen LogP) is 3.88. The van der Waals surface area contributed by atoms with Crippen LogP contribution in [0.15, 0.2) is 54.7 Å². The van der Waals surface area contributed by atoms with Gasteiger partial charge in [0.05, 0.1) is 25.3 Å². The Hall–Kier alpha value is -4.27. The van der Waals surface area contributed by atoms with Gasteiger partial charge in [-0.25, -0.2) is 4.98 Å². The summed E-state index contributed by atoms with van der Waals surface area (Å²) in [4.78, 5) is 20.5. The van der Waals surface area contributed by atoms with Crippen LogP contribution in [0, 0.1) is 0 Å². The molecule has 164 valence electrons. The number of nitrogens with one attached hydrogen (secondary N) is 2. The zero-order valence-corrected chi connectivity index (χ0v) is 18.2. The number of carbonyl (C=O) groups excluding carboxylic acids is 1. The number of imidazole rings is 1. The van der Waals surface area contributed by atoms with Crippen LogP contribution in [-0.2, 0) is 7.05 Å². The van der Waals surface area contributed by atoms with Crippen molar-refractivity contribution in [1.29, 1.82) is 0 Å². The summed E-state index contributed by atoms with van der Waals surface area (Å²) in [5, 5.41) is 5.85. The van der Waals surface area contributed by atoms with Crippen molar-refractivity contribution in [1.82, 2.24) is 19.9 Å². The monoisotopic (exact) mass is 433 g/mol. The Morgan fingerprint density at radius 1 is 0.969 bits per heavy atom. The maximum absolute atomic E-state index is 11.8. The number of fused-ring (bicyclic) bond motifs is 1. The molecular weight excluding hydrogens is 410 g/mol. The van der Waals surface area contributed by atoms with Crippen LogP contribution in [0.1, 0.15) is 10.5 Å². The van der Waals surface area contributed by atoms with E-state index in [4.69, 9.17) is 19.2 Å². The van der Waals surface area contributed by atoms with Gasteiger partial charge < -0.3 is 29.4 Å². The lowest BCUT2D eigenvalue weighted by Crippen LogP contribution is -2.18. The van der Waals surface area contributed by atoms with Gasteiger partial charge in [-0.3, -0.25) is 9.78 Å². The molecule has 0 aliphatic heterocycles. The molecule has 0 aliphatic rings. The van der Waals surface area contributed by atoms with Gasteiger partial charge in [-0.2, -0.15) is 0 Å². The number of ether oxygens (including phenoxy) is 3. The van der Waals surface area contributed by atoms with Crippen molar-refractivity contribution in [3.05, 3.63) is 60.4 Å². The third kappa shape index (κ3) is 4.13. The Kier molecular flexibility index (Phi) is 5.80. The highest BCUT2D eigenvalue weighted by Crippen LogP contribution is 2.32. The number of anilines is 2. The zero-order valence-electron chi connectivity index (χ0n) is 18.2. The smallest absolute Gasteiger partial charge is 0.269 e. The number of benzene rings is 2. The SMILES string of the molecule is CNC(=O)c1cc(Oc2ccc3c(c2)nc(Nc2ccc(OC)c(OC)c2)n3C)ccn1. The number of rotatable bonds is 7. The minimum Gasteiger partial charge on any atom is -0.493 e. The molecule has 9 nitrogen and oxygen atoms in total. The van der Waals surface area contributed by atoms with E-state index in [0.717, 1.165) is 16.7 Å². The van der Waals surface area contributed by atoms with Crippen molar-refractivity contribution in [2.75, 3.05) is 26.6 Å². The number of amides is 1. The third-order valence-electron chi connectivity index (χ3n) is 4.92. The van der Waals surface area contributed by atoms with Gasteiger partial charge in [0, 0.05) is 44.2 Å². The van der Waals surface area contributed by atoms with Gasteiger partial charge in [0.25, 0.3) is 5.91 Å². The van der Waals surface area contributed by atoms with Crippen LogP contribution >= 0.6 is 0 Å². The number of carbonyl (C=O) groups is 1. The molecule has 9 heteroatoms. The van der Waals surface area contributed by atoms with Gasteiger partial charge in [0.2, 0.25) is 5.95 Å². The lowest BCUT2D eigenvalue weighted by molar-refractivity contribution is 0.0958. The van der Waals surface area contributed by atoms with Crippen LogP contribution in [0.5, 0.6) is 23.0 Å². The standard InChI is InChI=1S/C23H23N5O4/c1-24-22(29)18-13-16(9-10-25-18)32-15-6-7-19-17(12-15)27-23(28(19)2)26-14-5-8-20(30-3)21(11-14)31-4/h5-13H,1-4H3,(H,24,29)(H,26,27). The summed E-state index contributed by atoms with van der Waals surface area (Å²) in [6.07, 6.45) is 1.53. The number of pyridine rings is 1. The van der Waals surface area contributed by atoms with Crippen LogP contribution < -0.4 is 24.8 Å². The van der Waals surface area contributed by atoms with E-state index in [2.05, 4.69) is 15.6 Å². The van der Waals surface area contributed by atoms with E-state index in [9.17, 15) is 4.79 Å². The number of methoxy groups -OCH3 is 2. The average molecular weight is 433 g/mol. The molecule has 4 rings (SSSR count). The topological polar surface area (TPSA) is 99.5 Å². The summed E-state index contributed by atoms with van der Waals surface area (Å²) >= 11 is 0. The highest BCUT2D eigenvalue weighted by Gasteiger charge is 2.12. The summed E-state index contributed by atoms with van der Waals surface area (Å²) in [7, 11) is 6.68. The molecule has 1 amide bonds. The maximum atomic E-state index is 11.8. The second-order valence-corrected chi connectivity index (χ2v) is 6.90. The number of hydrogen-bond acceptors (Lipinski definition) is 7. The summed E-state index contributed by atoms with van der Waals surface area (Å²) < 4.78 is 18.5. The van der Waals surface area contributed by atoms with Crippen molar-refractivity contribution >= 4 is 28.6 Å². The average Bonchev–Trinajstić information content (AvgIpc) is 3.12. The molecule has 0 fully saturated rings. The number of aryl methyl sites for hydroxylation is 1. The first-order chi connectivity index (χ1) is 15.5. The van der Waals surface area contributed by atoms with Crippen LogP contribution in [0.2, 0.25) is 0 Å². The van der Waals surface area contributed by atoms with Gasteiger partial charge in [-0.1, -0.05) is 0 Å². The van der Waals surface area contributed by atoms with E-state index in [0.29, 0.717) is 28.9 Å². The van der Waals surface area contributed by atoms with Gasteiger partial charge in [-0.15, -0.1) is 0 Å². The number of hydrogen-bond donors (Lipinski definition) is 2. The number of nitrogens with zero attached hydrogens (tertiary/aromatic N) is 3. The normalized spacial score (nSPS) is 10.6. The van der Waals surface area contributed by atoms with Crippen molar-refractivity contribution in [2.24, 2.45) is 7.05 Å². The summed E-state index contributed by atoms with van der Waals surface area (Å²) in [6.45, 7) is 0. The Bertz CT molecular complexity index is 1280. The molecule has 32 heavy (non-hydrogen) atoms. The fourth-order valence-corrected chi connectivity index (χ4v) is 3.26. The highest BCUT2D eigenvalue weighted by atomic mass is 16.5. The van der Waals surface area contributed by atoms with E-state index in [1.807, 2.05) is 48.0 Å². The molecule has 0 bridgehead atoms. The second-order valence-electron chi connectivity index (χ2n) is 6.90. The first-order valence-electron chi connectivity index (χ1n) is 9.84. The minimum atomic E-state index is -0.276. The lowest BCUT2D eigenvalue weighted by atomic mass is 10.3. The molecular formula is C23H23N5O4. The van der Waals surface area contributed by atoms with Gasteiger partial charge in [0.15, 0.2) is 11.5 Å². The fourth-order valence-electron chi connectivity index (χ4n) is 3.26. The molecule has 0 saturated carbocycles. The molecule has 2 N–H and O–H groups in total. The molecule has 0 spiro atoms. The fraction of sp³-hybridized carbons (Fsp3) is 0.174. The van der Waals surface area contributed by atoms with E-state index in [-0.39, 0.29) is 11.6 Å². The summed E-state index contributed by atoms with van der Waals surface area (Å²) in [5.41, 5.74) is 2.79. The van der Waals surface area contributed by atoms with Crippen molar-refractivity contribution in [2.45, 2.75) is 0 Å². The van der Waals surface area contributed by atoms with Crippen LogP contribution in [0.3, 0.4) is 0 Å². The first kappa shape index (κ1) is 21.0. The molecule has 2 aromatic heterocycles. The van der Waals surface area contributed by atoms with Gasteiger partial charge >= 0.3 is 0 Å². The summed E-state index contributed by atoms with van der Waals surface area (Å²) in [5.74, 6) is 2.78. The van der Waals surface area contributed by atoms with E-state index in [1.54, 1.807) is 33.4 Å². The maximum Gasteiger partial charge on any atom is 0.269 e. The van der Waals surface area contributed by atoms with Gasteiger partial charge in [-0.05, 0) is 30.3 Å². The summed E-state index contributed by atoms with van der Waals surface area (Å²) in [6, 6.07) is 14.5. The lowest BCUT2D eigenvalue weighted by Gasteiger charge is -2.11. The van der Waals surface area contributed by atoms with E-state index < -0.39 is 0 Å². The molecule has 0 atom stereocenters. The first-order valence-corrected chi connectivity index (χ1v) is 9.84. The largest absolute Gasteiger partial charge is 0.493 e. The Morgan fingerprint density at radius 2 is 1.75 bits per heavy atom. The van der Waals surface area contributed by atoms with E-state index >= 15 is 0 Å². The molecule has 2 aromatic carbocycles. The Labute approximate surface area is 185 Å². The number of aromatic nitrogens is 3. The Balaban J connectivity index is 1.59. The van der Waals surface area contributed by atoms with Crippen molar-refractivity contribution in [3.8, 4) is 23.0 Å². The molecule has 0 radical (unpaired) electrons. The van der Waals surface area contributed by atoms with E-state index in [1.165, 1.54) is 6.20 Å². The highest BCUT2D eigenvalue weighted by molar-refractivity contribution is 5.92. The quantitative estimate of drug-likeness (QED) is 0.456. The Morgan fingerprint density at radius 3 is 2.50 bits per heavy atom. The van der Waals surface area contributed by atoms with Gasteiger partial charge in [0.1, 0.15) is 17.2 Å². The molecule has 4 aromatic rings. The van der Waals surface area contributed by atoms with Crippen molar-refractivity contribution in [3.63, 3.8) is 0 Å². The minimum absolute atomic E-state index is 0.276. The molecule has 0 aliphatic carbocycles. The third-order valence-corrected chi connectivity index (χ3v) is 4.92. The second kappa shape index (κ2) is 8.84. The van der Waals surface area contributed by atoms with Crippen molar-refractivity contribution < 1.29 is 19.0 Å². The zero-order chi connectivity index (χ0) is 22.7.